The van der Waals surface area contributed by atoms with Gasteiger partial charge in [0.15, 0.2) is 0 Å². The highest BCUT2D eigenvalue weighted by Crippen LogP contribution is 2.35. The number of benzene rings is 2. The smallest absolute Gasteiger partial charge is 0.328 e. The molecule has 0 bridgehead atoms. The first-order valence-electron chi connectivity index (χ1n) is 11.7. The molecule has 2 aromatic carbocycles. The summed E-state index contributed by atoms with van der Waals surface area (Å²) in [5.41, 5.74) is 5.77. The van der Waals surface area contributed by atoms with E-state index >= 15 is 0 Å². The Morgan fingerprint density at radius 3 is 2.39 bits per heavy atom. The zero-order valence-corrected chi connectivity index (χ0v) is 20.1. The second kappa shape index (κ2) is 8.15. The molecular weight excluding hydrogens is 414 g/mol. The predicted molar refractivity (Wildman–Crippen MR) is 129 cm³/mol. The summed E-state index contributed by atoms with van der Waals surface area (Å²) in [6, 6.07) is 13.9. The molecular formula is C26H33N5O2. The lowest BCUT2D eigenvalue weighted by atomic mass is 10.0. The molecule has 3 heterocycles. The standard InChI is InChI=1S/C26H33N5O2/c1-16-6-9-20(10-7-16)15-31-24(32)22-23(28(5)26(31)33)27-25-29(13-17(2)14-30(22)25)21-11-8-18(3)19(4)12-21/h6-12,17,22-23,25,27H,13-15H2,1-5H3. The fourth-order valence-corrected chi connectivity index (χ4v) is 5.35. The zero-order valence-electron chi connectivity index (χ0n) is 20.1. The maximum absolute atomic E-state index is 13.7. The average Bonchev–Trinajstić information content (AvgIpc) is 3.17. The van der Waals surface area contributed by atoms with Crippen LogP contribution in [0.3, 0.4) is 0 Å². The first kappa shape index (κ1) is 21.9. The van der Waals surface area contributed by atoms with E-state index in [0.29, 0.717) is 12.5 Å². The third kappa shape index (κ3) is 3.69. The predicted octanol–water partition coefficient (Wildman–Crippen LogP) is 3.05. The van der Waals surface area contributed by atoms with Gasteiger partial charge < -0.3 is 9.80 Å². The molecule has 33 heavy (non-hydrogen) atoms. The van der Waals surface area contributed by atoms with Crippen molar-refractivity contribution in [3.63, 3.8) is 0 Å². The zero-order chi connectivity index (χ0) is 23.4. The van der Waals surface area contributed by atoms with Crippen LogP contribution in [0, 0.1) is 26.7 Å². The van der Waals surface area contributed by atoms with Crippen LogP contribution in [0.5, 0.6) is 0 Å². The van der Waals surface area contributed by atoms with E-state index in [1.54, 1.807) is 11.9 Å². The summed E-state index contributed by atoms with van der Waals surface area (Å²) in [6.45, 7) is 10.5. The number of aryl methyl sites for hydroxylation is 3. The van der Waals surface area contributed by atoms with Gasteiger partial charge in [0.05, 0.1) is 6.54 Å². The fraction of sp³-hybridized carbons (Fsp3) is 0.462. The minimum atomic E-state index is -0.403. The van der Waals surface area contributed by atoms with Crippen LogP contribution in [0.25, 0.3) is 0 Å². The number of urea groups is 1. The van der Waals surface area contributed by atoms with Crippen LogP contribution in [-0.2, 0) is 11.3 Å². The SMILES string of the molecule is Cc1ccc(CN2C(=O)C3C(NC4N(c5ccc(C)c(C)c5)CC(C)CN34)N(C)C2=O)cc1. The van der Waals surface area contributed by atoms with Gasteiger partial charge in [0.2, 0.25) is 0 Å². The van der Waals surface area contributed by atoms with Crippen LogP contribution in [0.4, 0.5) is 10.5 Å². The van der Waals surface area contributed by atoms with E-state index < -0.39 is 6.04 Å². The van der Waals surface area contributed by atoms with Gasteiger partial charge in [0.25, 0.3) is 5.91 Å². The Morgan fingerprint density at radius 2 is 1.70 bits per heavy atom. The molecule has 3 saturated heterocycles. The number of likely N-dealkylation sites (N-methyl/N-ethyl adjacent to an activating group) is 1. The summed E-state index contributed by atoms with van der Waals surface area (Å²) in [6.07, 6.45) is -0.472. The normalized spacial score (nSPS) is 27.7. The Kier molecular flexibility index (Phi) is 5.41. The Labute approximate surface area is 195 Å². The molecule has 7 nitrogen and oxygen atoms in total. The number of carbonyl (C=O) groups excluding carboxylic acids is 2. The fourth-order valence-electron chi connectivity index (χ4n) is 5.35. The Balaban J connectivity index is 1.46. The highest BCUT2D eigenvalue weighted by Gasteiger charge is 2.56. The molecule has 0 radical (unpaired) electrons. The topological polar surface area (TPSA) is 59.1 Å². The molecule has 5 rings (SSSR count). The number of imide groups is 1. The van der Waals surface area contributed by atoms with Gasteiger partial charge in [-0.05, 0) is 55.5 Å². The van der Waals surface area contributed by atoms with Crippen LogP contribution in [-0.4, -0.2) is 65.3 Å². The van der Waals surface area contributed by atoms with Crippen molar-refractivity contribution in [2.45, 2.75) is 52.7 Å². The number of hydrogen-bond acceptors (Lipinski definition) is 5. The molecule has 3 amide bonds. The van der Waals surface area contributed by atoms with Crippen molar-refractivity contribution in [3.05, 3.63) is 64.7 Å². The molecule has 3 fully saturated rings. The number of fused-ring (bicyclic) bond motifs is 3. The summed E-state index contributed by atoms with van der Waals surface area (Å²) < 4.78 is 0. The lowest BCUT2D eigenvalue weighted by molar-refractivity contribution is -0.139. The number of rotatable bonds is 3. The summed E-state index contributed by atoms with van der Waals surface area (Å²) in [4.78, 5) is 34.6. The van der Waals surface area contributed by atoms with Crippen molar-refractivity contribution < 1.29 is 9.59 Å². The summed E-state index contributed by atoms with van der Waals surface area (Å²) in [5, 5.41) is 3.61. The van der Waals surface area contributed by atoms with Gasteiger partial charge >= 0.3 is 6.03 Å². The molecule has 0 aromatic heterocycles. The first-order chi connectivity index (χ1) is 15.7. The molecule has 4 unspecified atom stereocenters. The molecule has 0 saturated carbocycles. The van der Waals surface area contributed by atoms with Crippen LogP contribution in [0.15, 0.2) is 42.5 Å². The lowest BCUT2D eigenvalue weighted by Crippen LogP contribution is -2.66. The average molecular weight is 448 g/mol. The third-order valence-corrected chi connectivity index (χ3v) is 7.37. The molecule has 7 heteroatoms. The van der Waals surface area contributed by atoms with Crippen molar-refractivity contribution in [1.82, 2.24) is 20.0 Å². The Bertz CT molecular complexity index is 1080. The van der Waals surface area contributed by atoms with E-state index in [4.69, 9.17) is 0 Å². The number of amides is 3. The summed E-state index contributed by atoms with van der Waals surface area (Å²) >= 11 is 0. The molecule has 2 aromatic rings. The minimum absolute atomic E-state index is 0.118. The van der Waals surface area contributed by atoms with Crippen molar-refractivity contribution in [2.24, 2.45) is 5.92 Å². The van der Waals surface area contributed by atoms with E-state index in [9.17, 15) is 9.59 Å². The summed E-state index contributed by atoms with van der Waals surface area (Å²) in [7, 11) is 1.80. The van der Waals surface area contributed by atoms with Crippen LogP contribution in [0.1, 0.15) is 29.2 Å². The van der Waals surface area contributed by atoms with E-state index in [1.807, 2.05) is 31.2 Å². The molecule has 1 N–H and O–H groups in total. The minimum Gasteiger partial charge on any atom is -0.343 e. The first-order valence-corrected chi connectivity index (χ1v) is 11.7. The molecule has 4 atom stereocenters. The van der Waals surface area contributed by atoms with Gasteiger partial charge in [-0.1, -0.05) is 42.8 Å². The number of nitrogens with zero attached hydrogens (tertiary/aromatic N) is 4. The monoisotopic (exact) mass is 447 g/mol. The van der Waals surface area contributed by atoms with Gasteiger partial charge in [-0.25, -0.2) is 4.79 Å². The van der Waals surface area contributed by atoms with E-state index in [-0.39, 0.29) is 24.4 Å². The second-order valence-corrected chi connectivity index (χ2v) is 9.96. The van der Waals surface area contributed by atoms with Gasteiger partial charge in [0.1, 0.15) is 18.5 Å². The number of anilines is 1. The highest BCUT2D eigenvalue weighted by atomic mass is 16.2. The van der Waals surface area contributed by atoms with Gasteiger partial charge in [0, 0.05) is 25.8 Å². The van der Waals surface area contributed by atoms with Gasteiger partial charge in [-0.15, -0.1) is 0 Å². The number of carbonyl (C=O) groups is 2. The van der Waals surface area contributed by atoms with E-state index in [1.165, 1.54) is 16.0 Å². The maximum atomic E-state index is 13.7. The van der Waals surface area contributed by atoms with Crippen molar-refractivity contribution >= 4 is 17.6 Å². The Morgan fingerprint density at radius 1 is 0.970 bits per heavy atom. The van der Waals surface area contributed by atoms with Gasteiger partial charge in [-0.2, -0.15) is 0 Å². The second-order valence-electron chi connectivity index (χ2n) is 9.96. The van der Waals surface area contributed by atoms with Crippen molar-refractivity contribution in [2.75, 3.05) is 25.0 Å². The molecule has 174 valence electrons. The maximum Gasteiger partial charge on any atom is 0.328 e. The largest absolute Gasteiger partial charge is 0.343 e. The molecule has 0 spiro atoms. The van der Waals surface area contributed by atoms with Gasteiger partial charge in [-0.3, -0.25) is 19.9 Å². The van der Waals surface area contributed by atoms with E-state index in [2.05, 4.69) is 54.1 Å². The lowest BCUT2D eigenvalue weighted by Gasteiger charge is -2.46. The molecule has 3 aliphatic rings. The van der Waals surface area contributed by atoms with Crippen LogP contribution in [0.2, 0.25) is 0 Å². The molecule has 0 aliphatic carbocycles. The van der Waals surface area contributed by atoms with Crippen molar-refractivity contribution in [1.29, 1.82) is 0 Å². The highest BCUT2D eigenvalue weighted by molar-refractivity contribution is 6.00. The summed E-state index contributed by atoms with van der Waals surface area (Å²) in [5.74, 6) is 0.275. The number of nitrogens with one attached hydrogen (secondary N) is 1. The van der Waals surface area contributed by atoms with Crippen molar-refractivity contribution in [3.8, 4) is 0 Å². The number of hydrogen-bond donors (Lipinski definition) is 1. The van der Waals surface area contributed by atoms with Crippen LogP contribution < -0.4 is 10.2 Å². The van der Waals surface area contributed by atoms with E-state index in [0.717, 1.165) is 29.9 Å². The quantitative estimate of drug-likeness (QED) is 0.784. The third-order valence-electron chi connectivity index (χ3n) is 7.37. The van der Waals surface area contributed by atoms with Crippen LogP contribution >= 0.6 is 0 Å². The Hall–Kier alpha value is -2.90. The molecule has 3 aliphatic heterocycles.